The Bertz CT molecular complexity index is 851. The molecule has 0 aromatic heterocycles. The predicted octanol–water partition coefficient (Wildman–Crippen LogP) is 3.15. The Morgan fingerprint density at radius 3 is 2.04 bits per heavy atom. The van der Waals surface area contributed by atoms with Crippen LogP contribution < -0.4 is 4.90 Å². The molecule has 23 heavy (non-hydrogen) atoms. The number of halogens is 3. The van der Waals surface area contributed by atoms with Gasteiger partial charge >= 0.3 is 0 Å². The summed E-state index contributed by atoms with van der Waals surface area (Å²) in [5.74, 6) is -2.21. The molecule has 0 fully saturated rings. The third kappa shape index (κ3) is 2.66. The number of amides is 2. The molecule has 0 saturated carbocycles. The Hall–Kier alpha value is -1.44. The van der Waals surface area contributed by atoms with E-state index in [1.807, 2.05) is 0 Å². The molecule has 122 valence electrons. The van der Waals surface area contributed by atoms with Crippen molar-refractivity contribution in [3.8, 4) is 0 Å². The number of hydrogen-bond donors (Lipinski definition) is 0. The Kier molecular flexibility index (Phi) is 3.98. The van der Waals surface area contributed by atoms with Gasteiger partial charge in [-0.1, -0.05) is 11.6 Å². The number of benzene rings is 1. The highest BCUT2D eigenvalue weighted by molar-refractivity contribution is 8.13. The Balaban J connectivity index is 2.14. The largest absolute Gasteiger partial charge is 0.269 e. The van der Waals surface area contributed by atoms with Gasteiger partial charge in [-0.3, -0.25) is 9.59 Å². The van der Waals surface area contributed by atoms with Gasteiger partial charge in [-0.15, -0.1) is 0 Å². The fourth-order valence-electron chi connectivity index (χ4n) is 2.83. The number of rotatable bonds is 2. The summed E-state index contributed by atoms with van der Waals surface area (Å²) in [5.41, 5.74) is 0.273. The average molecular weight is 378 g/mol. The van der Waals surface area contributed by atoms with Gasteiger partial charge < -0.3 is 0 Å². The van der Waals surface area contributed by atoms with Crippen LogP contribution in [0.4, 0.5) is 10.1 Å². The monoisotopic (exact) mass is 377 g/mol. The number of hydrogen-bond acceptors (Lipinski definition) is 4. The molecule has 0 atom stereocenters. The average Bonchev–Trinajstić information content (AvgIpc) is 2.71. The molecule has 0 bridgehead atoms. The van der Waals surface area contributed by atoms with Crippen LogP contribution in [0.25, 0.3) is 0 Å². The van der Waals surface area contributed by atoms with Crippen LogP contribution >= 0.6 is 22.3 Å². The summed E-state index contributed by atoms with van der Waals surface area (Å²) in [6.45, 7) is 0. The van der Waals surface area contributed by atoms with Gasteiger partial charge in [0, 0.05) is 21.8 Å². The first kappa shape index (κ1) is 16.4. The lowest BCUT2D eigenvalue weighted by Crippen LogP contribution is -2.32. The van der Waals surface area contributed by atoms with E-state index in [1.54, 1.807) is 0 Å². The van der Waals surface area contributed by atoms with E-state index in [4.69, 9.17) is 22.3 Å². The minimum atomic E-state index is -4.25. The molecule has 0 radical (unpaired) electrons. The van der Waals surface area contributed by atoms with E-state index in [0.29, 0.717) is 28.9 Å². The SMILES string of the molecule is O=C1C2=C(CCCC2)C(=O)N1c1cc(S(=O)(=O)Cl)c(Cl)cc1F. The summed E-state index contributed by atoms with van der Waals surface area (Å²) < 4.78 is 37.2. The molecule has 5 nitrogen and oxygen atoms in total. The highest BCUT2D eigenvalue weighted by atomic mass is 35.7. The fraction of sp³-hybridized carbons (Fsp3) is 0.286. The second kappa shape index (κ2) is 5.58. The topological polar surface area (TPSA) is 71.5 Å². The summed E-state index contributed by atoms with van der Waals surface area (Å²) in [4.78, 5) is 24.9. The number of carbonyl (C=O) groups excluding carboxylic acids is 2. The van der Waals surface area contributed by atoms with Crippen molar-refractivity contribution in [2.45, 2.75) is 30.6 Å². The maximum atomic E-state index is 14.2. The predicted molar refractivity (Wildman–Crippen MR) is 82.4 cm³/mol. The van der Waals surface area contributed by atoms with Crippen molar-refractivity contribution in [2.75, 3.05) is 4.90 Å². The minimum absolute atomic E-state index is 0.367. The molecular formula is C14H10Cl2FNO4S. The van der Waals surface area contributed by atoms with Crippen molar-refractivity contribution in [2.24, 2.45) is 0 Å². The summed E-state index contributed by atoms with van der Waals surface area (Å²) in [6.07, 6.45) is 2.45. The third-order valence-corrected chi connectivity index (χ3v) is 5.68. The second-order valence-corrected chi connectivity index (χ2v) is 8.22. The van der Waals surface area contributed by atoms with Crippen LogP contribution in [0.2, 0.25) is 5.02 Å². The molecule has 0 N–H and O–H groups in total. The molecule has 0 unspecified atom stereocenters. The van der Waals surface area contributed by atoms with Crippen molar-refractivity contribution in [1.82, 2.24) is 0 Å². The molecule has 0 spiro atoms. The molecular weight excluding hydrogens is 368 g/mol. The lowest BCUT2D eigenvalue weighted by Gasteiger charge is -2.17. The highest BCUT2D eigenvalue weighted by Gasteiger charge is 2.41. The lowest BCUT2D eigenvalue weighted by molar-refractivity contribution is -0.120. The molecule has 0 saturated heterocycles. The van der Waals surface area contributed by atoms with Crippen LogP contribution in [0.3, 0.4) is 0 Å². The fourth-order valence-corrected chi connectivity index (χ4v) is 4.34. The molecule has 1 aromatic rings. The van der Waals surface area contributed by atoms with Crippen LogP contribution in [0.1, 0.15) is 25.7 Å². The number of anilines is 1. The molecule has 1 aliphatic carbocycles. The first-order valence-corrected chi connectivity index (χ1v) is 9.45. The molecule has 1 aliphatic heterocycles. The summed E-state index contributed by atoms with van der Waals surface area (Å²) in [7, 11) is 1.00. The Morgan fingerprint density at radius 2 is 1.57 bits per heavy atom. The van der Waals surface area contributed by atoms with E-state index in [9.17, 15) is 22.4 Å². The Labute approximate surface area is 141 Å². The highest BCUT2D eigenvalue weighted by Crippen LogP contribution is 2.39. The first-order valence-electron chi connectivity index (χ1n) is 6.76. The normalized spacial score (nSPS) is 18.7. The van der Waals surface area contributed by atoms with E-state index < -0.39 is 42.3 Å². The van der Waals surface area contributed by atoms with Gasteiger partial charge in [-0.2, -0.15) is 0 Å². The third-order valence-electron chi connectivity index (χ3n) is 3.90. The standard InChI is InChI=1S/C14H10Cl2FNO4S/c15-9-5-10(17)11(6-12(9)23(16,21)22)18-13(19)7-3-1-2-4-8(7)14(18)20/h5-6H,1-4H2. The quantitative estimate of drug-likeness (QED) is 0.586. The van der Waals surface area contributed by atoms with E-state index >= 15 is 0 Å². The molecule has 1 heterocycles. The number of carbonyl (C=O) groups is 2. The van der Waals surface area contributed by atoms with E-state index in [-0.39, 0.29) is 0 Å². The summed E-state index contributed by atoms with van der Waals surface area (Å²) in [5, 5.41) is -0.418. The van der Waals surface area contributed by atoms with Gasteiger partial charge in [0.05, 0.1) is 10.7 Å². The van der Waals surface area contributed by atoms with Gasteiger partial charge in [0.1, 0.15) is 10.7 Å². The van der Waals surface area contributed by atoms with Gasteiger partial charge in [0.2, 0.25) is 0 Å². The maximum absolute atomic E-state index is 14.2. The van der Waals surface area contributed by atoms with Crippen LogP contribution in [-0.2, 0) is 18.6 Å². The van der Waals surface area contributed by atoms with Gasteiger partial charge in [-0.25, -0.2) is 17.7 Å². The molecule has 2 aliphatic rings. The zero-order chi connectivity index (χ0) is 16.9. The molecule has 9 heteroatoms. The molecule has 1 aromatic carbocycles. The summed E-state index contributed by atoms with van der Waals surface area (Å²) >= 11 is 5.69. The van der Waals surface area contributed by atoms with Crippen molar-refractivity contribution in [3.63, 3.8) is 0 Å². The van der Waals surface area contributed by atoms with Crippen LogP contribution in [0.15, 0.2) is 28.2 Å². The van der Waals surface area contributed by atoms with E-state index in [0.717, 1.165) is 25.0 Å². The van der Waals surface area contributed by atoms with Crippen molar-refractivity contribution in [3.05, 3.63) is 34.1 Å². The number of imide groups is 1. The zero-order valence-electron chi connectivity index (χ0n) is 11.6. The van der Waals surface area contributed by atoms with Crippen LogP contribution in [0.5, 0.6) is 0 Å². The summed E-state index contributed by atoms with van der Waals surface area (Å²) in [6, 6.07) is 1.54. The smallest absolute Gasteiger partial charge is 0.262 e. The van der Waals surface area contributed by atoms with Crippen LogP contribution in [0, 0.1) is 5.82 Å². The zero-order valence-corrected chi connectivity index (χ0v) is 13.9. The van der Waals surface area contributed by atoms with Crippen LogP contribution in [-0.4, -0.2) is 20.2 Å². The van der Waals surface area contributed by atoms with E-state index in [1.165, 1.54) is 0 Å². The van der Waals surface area contributed by atoms with Crippen molar-refractivity contribution >= 4 is 48.8 Å². The van der Waals surface area contributed by atoms with E-state index in [2.05, 4.69) is 0 Å². The minimum Gasteiger partial charge on any atom is -0.269 e. The molecule has 3 rings (SSSR count). The van der Waals surface area contributed by atoms with Gasteiger partial charge in [0.25, 0.3) is 20.9 Å². The Morgan fingerprint density at radius 1 is 1.04 bits per heavy atom. The van der Waals surface area contributed by atoms with Gasteiger partial charge in [0.15, 0.2) is 0 Å². The van der Waals surface area contributed by atoms with Crippen molar-refractivity contribution < 1.29 is 22.4 Å². The number of nitrogens with zero attached hydrogens (tertiary/aromatic N) is 1. The van der Waals surface area contributed by atoms with Gasteiger partial charge in [-0.05, 0) is 37.8 Å². The van der Waals surface area contributed by atoms with Crippen molar-refractivity contribution in [1.29, 1.82) is 0 Å². The maximum Gasteiger partial charge on any atom is 0.262 e. The molecule has 2 amide bonds. The second-order valence-electron chi connectivity index (χ2n) is 5.28. The lowest BCUT2D eigenvalue weighted by atomic mass is 9.93. The first-order chi connectivity index (χ1) is 10.7.